The lowest BCUT2D eigenvalue weighted by Crippen LogP contribution is -2.49. The number of hydrogen-bond donors (Lipinski definition) is 1. The first-order chi connectivity index (χ1) is 11.2. The third-order valence-electron chi connectivity index (χ3n) is 4.64. The molecule has 2 aromatic rings. The highest BCUT2D eigenvalue weighted by atomic mass is 32.1. The van der Waals surface area contributed by atoms with Crippen LogP contribution in [0, 0.1) is 0 Å². The number of nitrogens with zero attached hydrogens (tertiary/aromatic N) is 2. The van der Waals surface area contributed by atoms with Crippen molar-refractivity contribution in [1.82, 2.24) is 9.88 Å². The van der Waals surface area contributed by atoms with E-state index in [0.717, 1.165) is 41.8 Å². The van der Waals surface area contributed by atoms with E-state index in [9.17, 15) is 4.79 Å². The Morgan fingerprint density at radius 1 is 1.35 bits per heavy atom. The van der Waals surface area contributed by atoms with E-state index in [1.807, 2.05) is 35.2 Å². The molecule has 6 heteroatoms. The minimum atomic E-state index is -0.221. The number of ether oxygens (including phenoxy) is 1. The van der Waals surface area contributed by atoms with Gasteiger partial charge in [0.2, 0.25) is 0 Å². The van der Waals surface area contributed by atoms with Crippen LogP contribution in [-0.2, 0) is 17.8 Å². The first kappa shape index (κ1) is 14.5. The molecule has 120 valence electrons. The quantitative estimate of drug-likeness (QED) is 0.915. The van der Waals surface area contributed by atoms with Crippen LogP contribution in [0.1, 0.15) is 41.4 Å². The Hall–Kier alpha value is -2.08. The lowest BCUT2D eigenvalue weighted by Gasteiger charge is -2.44. The number of carbonyl (C=O) groups excluding carboxylic acids is 1. The third-order valence-corrected chi connectivity index (χ3v) is 5.66. The molecule has 1 fully saturated rings. The van der Waals surface area contributed by atoms with E-state index in [-0.39, 0.29) is 18.2 Å². The predicted octanol–water partition coefficient (Wildman–Crippen LogP) is 3.51. The molecule has 2 atom stereocenters. The van der Waals surface area contributed by atoms with Crippen molar-refractivity contribution in [2.45, 2.75) is 44.4 Å². The molecule has 2 N–H and O–H groups in total. The Bertz CT molecular complexity index is 716. The summed E-state index contributed by atoms with van der Waals surface area (Å²) in [6.45, 7) is 0.313. The Morgan fingerprint density at radius 2 is 2.17 bits per heavy atom. The Balaban J connectivity index is 1.53. The first-order valence-corrected chi connectivity index (χ1v) is 8.78. The molecule has 2 unspecified atom stereocenters. The maximum absolute atomic E-state index is 12.7. The number of aromatic nitrogens is 1. The van der Waals surface area contributed by atoms with Crippen molar-refractivity contribution in [2.75, 3.05) is 5.73 Å². The highest BCUT2D eigenvalue weighted by Crippen LogP contribution is 2.45. The maximum atomic E-state index is 12.7. The molecule has 0 radical (unpaired) electrons. The molecule has 2 aliphatic rings. The van der Waals surface area contributed by atoms with Crippen molar-refractivity contribution in [3.63, 3.8) is 0 Å². The summed E-state index contributed by atoms with van der Waals surface area (Å²) in [5.41, 5.74) is 7.95. The zero-order valence-electron chi connectivity index (χ0n) is 12.8. The van der Waals surface area contributed by atoms with Gasteiger partial charge in [-0.05, 0) is 24.8 Å². The number of amides is 1. The molecule has 3 heterocycles. The van der Waals surface area contributed by atoms with E-state index in [1.54, 1.807) is 0 Å². The zero-order chi connectivity index (χ0) is 15.8. The lowest BCUT2D eigenvalue weighted by atomic mass is 9.86. The van der Waals surface area contributed by atoms with E-state index in [2.05, 4.69) is 4.98 Å². The van der Waals surface area contributed by atoms with Crippen molar-refractivity contribution in [1.29, 1.82) is 0 Å². The third kappa shape index (κ3) is 2.67. The molecule has 0 spiro atoms. The molecule has 2 aliphatic heterocycles. The monoisotopic (exact) mass is 329 g/mol. The summed E-state index contributed by atoms with van der Waals surface area (Å²) in [6, 6.07) is 10.0. The van der Waals surface area contributed by atoms with Crippen LogP contribution in [0.15, 0.2) is 30.3 Å². The van der Waals surface area contributed by atoms with Crippen molar-refractivity contribution in [2.24, 2.45) is 0 Å². The van der Waals surface area contributed by atoms with Crippen LogP contribution < -0.4 is 5.73 Å². The van der Waals surface area contributed by atoms with Gasteiger partial charge in [0.05, 0.1) is 16.6 Å². The number of benzene rings is 1. The summed E-state index contributed by atoms with van der Waals surface area (Å²) in [7, 11) is 0. The SMILES string of the molecule is Nc1nc2c(s1)C1CCCC(C2)N1C(=O)OCc1ccccc1. The number of thiazole rings is 1. The molecular weight excluding hydrogens is 310 g/mol. The predicted molar refractivity (Wildman–Crippen MR) is 89.1 cm³/mol. The topological polar surface area (TPSA) is 68.5 Å². The normalized spacial score (nSPS) is 22.5. The minimum absolute atomic E-state index is 0.0792. The second-order valence-electron chi connectivity index (χ2n) is 6.12. The van der Waals surface area contributed by atoms with Gasteiger partial charge in [-0.2, -0.15) is 0 Å². The van der Waals surface area contributed by atoms with Crippen LogP contribution in [0.5, 0.6) is 0 Å². The van der Waals surface area contributed by atoms with E-state index in [1.165, 1.54) is 11.3 Å². The summed E-state index contributed by atoms with van der Waals surface area (Å²) in [6.07, 6.45) is 3.68. The van der Waals surface area contributed by atoms with E-state index >= 15 is 0 Å². The van der Waals surface area contributed by atoms with Crippen LogP contribution in [-0.4, -0.2) is 22.0 Å². The van der Waals surface area contributed by atoms with Gasteiger partial charge in [0.1, 0.15) is 6.61 Å². The van der Waals surface area contributed by atoms with Gasteiger partial charge in [0.25, 0.3) is 0 Å². The average molecular weight is 329 g/mol. The van der Waals surface area contributed by atoms with Gasteiger partial charge in [-0.15, -0.1) is 0 Å². The molecule has 4 rings (SSSR count). The zero-order valence-corrected chi connectivity index (χ0v) is 13.6. The number of nitrogens with two attached hydrogens (primary N) is 1. The van der Waals surface area contributed by atoms with Crippen LogP contribution in [0.4, 0.5) is 9.93 Å². The highest BCUT2D eigenvalue weighted by Gasteiger charge is 2.42. The smallest absolute Gasteiger partial charge is 0.410 e. The number of hydrogen-bond acceptors (Lipinski definition) is 5. The Morgan fingerprint density at radius 3 is 3.00 bits per heavy atom. The fraction of sp³-hybridized carbons (Fsp3) is 0.412. The number of piperidine rings is 1. The summed E-state index contributed by atoms with van der Waals surface area (Å²) in [5, 5.41) is 0.597. The van der Waals surface area contributed by atoms with Gasteiger partial charge in [-0.1, -0.05) is 41.7 Å². The highest BCUT2D eigenvalue weighted by molar-refractivity contribution is 7.15. The van der Waals surface area contributed by atoms with Crippen molar-refractivity contribution >= 4 is 22.6 Å². The van der Waals surface area contributed by atoms with Crippen LogP contribution in [0.2, 0.25) is 0 Å². The molecule has 2 bridgehead atoms. The maximum Gasteiger partial charge on any atom is 0.410 e. The lowest BCUT2D eigenvalue weighted by molar-refractivity contribution is 0.0355. The molecule has 1 aromatic carbocycles. The van der Waals surface area contributed by atoms with Crippen LogP contribution in [0.3, 0.4) is 0 Å². The minimum Gasteiger partial charge on any atom is -0.445 e. The Labute approximate surface area is 139 Å². The number of anilines is 1. The number of carbonyl (C=O) groups is 1. The molecule has 1 saturated heterocycles. The number of fused-ring (bicyclic) bond motifs is 4. The van der Waals surface area contributed by atoms with Gasteiger partial charge in [0, 0.05) is 12.5 Å². The average Bonchev–Trinajstić information content (AvgIpc) is 2.93. The molecule has 0 aliphatic carbocycles. The first-order valence-electron chi connectivity index (χ1n) is 7.96. The summed E-state index contributed by atoms with van der Waals surface area (Å²) in [5.74, 6) is 0. The standard InChI is InChI=1S/C17H19N3O2S/c18-16-19-13-9-12-7-4-8-14(15(13)23-16)20(12)17(21)22-10-11-5-2-1-3-6-11/h1-3,5-6,12,14H,4,7-10H2,(H2,18,19). The summed E-state index contributed by atoms with van der Waals surface area (Å²) >= 11 is 1.51. The van der Waals surface area contributed by atoms with Gasteiger partial charge < -0.3 is 10.5 Å². The second-order valence-corrected chi connectivity index (χ2v) is 7.18. The molecular formula is C17H19N3O2S. The largest absolute Gasteiger partial charge is 0.445 e. The molecule has 1 aromatic heterocycles. The van der Waals surface area contributed by atoms with Gasteiger partial charge in [-0.3, -0.25) is 4.90 Å². The van der Waals surface area contributed by atoms with Crippen molar-refractivity contribution < 1.29 is 9.53 Å². The van der Waals surface area contributed by atoms with Crippen molar-refractivity contribution in [3.8, 4) is 0 Å². The molecule has 1 amide bonds. The fourth-order valence-corrected chi connectivity index (χ4v) is 4.62. The second kappa shape index (κ2) is 5.85. The van der Waals surface area contributed by atoms with E-state index in [0.29, 0.717) is 11.7 Å². The molecule has 5 nitrogen and oxygen atoms in total. The van der Waals surface area contributed by atoms with Gasteiger partial charge >= 0.3 is 6.09 Å². The van der Waals surface area contributed by atoms with Gasteiger partial charge in [0.15, 0.2) is 5.13 Å². The van der Waals surface area contributed by atoms with Gasteiger partial charge in [-0.25, -0.2) is 9.78 Å². The van der Waals surface area contributed by atoms with E-state index in [4.69, 9.17) is 10.5 Å². The van der Waals surface area contributed by atoms with E-state index < -0.39 is 0 Å². The Kier molecular flexibility index (Phi) is 3.69. The molecule has 0 saturated carbocycles. The molecule has 23 heavy (non-hydrogen) atoms. The summed E-state index contributed by atoms with van der Waals surface area (Å²) < 4.78 is 5.57. The number of rotatable bonds is 2. The van der Waals surface area contributed by atoms with Crippen molar-refractivity contribution in [3.05, 3.63) is 46.5 Å². The fourth-order valence-electron chi connectivity index (χ4n) is 3.62. The van der Waals surface area contributed by atoms with Crippen LogP contribution >= 0.6 is 11.3 Å². The number of nitrogen functional groups attached to an aromatic ring is 1. The summed E-state index contributed by atoms with van der Waals surface area (Å²) in [4.78, 5) is 20.2. The van der Waals surface area contributed by atoms with Crippen LogP contribution in [0.25, 0.3) is 0 Å².